The zero-order chi connectivity index (χ0) is 71.0. The fraction of sp³-hybridized carbons (Fsp3) is 0.415. The van der Waals surface area contributed by atoms with Gasteiger partial charge < -0.3 is 59.2 Å². The maximum atomic E-state index is 12.3. The Morgan fingerprint density at radius 3 is 1.35 bits per heavy atom. The number of H-pyrrole nitrogens is 1. The maximum absolute atomic E-state index is 12.3. The number of nitrogens with one attached hydrogen (secondary N) is 3. The Kier molecular flexibility index (Phi) is 42.7. The quantitative estimate of drug-likeness (QED) is 0.0479. The summed E-state index contributed by atoms with van der Waals surface area (Å²) >= 11 is 15.6. The number of imide groups is 1. The molecule has 8 rings (SSSR count). The molecule has 0 aliphatic rings. The molecule has 0 aliphatic heterocycles. The second-order valence-corrected chi connectivity index (χ2v) is 36.8. The van der Waals surface area contributed by atoms with Crippen LogP contribution in [0.3, 0.4) is 0 Å². The number of carbonyl (C=O) groups is 4. The second-order valence-electron chi connectivity index (χ2n) is 21.3. The first-order valence-electron chi connectivity index (χ1n) is 27.1. The molecule has 0 bridgehead atoms. The molecule has 0 saturated heterocycles. The first-order valence-corrected chi connectivity index (χ1v) is 54.0. The Balaban J connectivity index is 0.000000418. The number of aliphatic imine (C=N–C) groups is 3. The van der Waals surface area contributed by atoms with Crippen molar-refractivity contribution in [3.05, 3.63) is 64.4 Å². The van der Waals surface area contributed by atoms with Gasteiger partial charge in [0, 0.05) is 128 Å². The van der Waals surface area contributed by atoms with Crippen LogP contribution in [0.15, 0.2) is 65.1 Å². The van der Waals surface area contributed by atoms with Crippen molar-refractivity contribution in [2.75, 3.05) is 67.7 Å². The van der Waals surface area contributed by atoms with Crippen molar-refractivity contribution in [3.63, 3.8) is 0 Å². The average Bonchev–Trinajstić information content (AvgIpc) is 1.66. The minimum atomic E-state index is -0.674. The van der Waals surface area contributed by atoms with Crippen LogP contribution in [-0.4, -0.2) is 211 Å². The van der Waals surface area contributed by atoms with Gasteiger partial charge in [0.2, 0.25) is 11.8 Å². The molecule has 8 aromatic heterocycles. The Bertz CT molecular complexity index is 3780. The average molecular weight is 2410 g/mol. The fourth-order valence-electron chi connectivity index (χ4n) is 7.29. The van der Waals surface area contributed by atoms with E-state index in [2.05, 4.69) is 217 Å². The van der Waals surface area contributed by atoms with Crippen LogP contribution in [0.4, 0.5) is 32.9 Å². The van der Waals surface area contributed by atoms with Crippen molar-refractivity contribution in [1.29, 1.82) is 0 Å². The molecular weight excluding hydrogens is 2340 g/mol. The van der Waals surface area contributed by atoms with Crippen molar-refractivity contribution >= 4 is 274 Å². The molecule has 0 spiro atoms. The van der Waals surface area contributed by atoms with Gasteiger partial charge in [-0.1, -0.05) is 0 Å². The van der Waals surface area contributed by atoms with Crippen LogP contribution < -0.4 is 67.4 Å². The fourth-order valence-corrected chi connectivity index (χ4v) is 10.4. The summed E-state index contributed by atoms with van der Waals surface area (Å²) in [6, 6.07) is 0. The van der Waals surface area contributed by atoms with Crippen LogP contribution in [0, 0.1) is 14.3 Å². The number of hydrogen-bond acceptors (Lipinski definition) is 18. The van der Waals surface area contributed by atoms with E-state index >= 15 is 0 Å². The number of aromatic amines is 1. The molecule has 0 aromatic carbocycles. The van der Waals surface area contributed by atoms with E-state index in [-0.39, 0.29) is 69.4 Å². The molecule has 94 heavy (non-hydrogen) atoms. The number of hydrogen-bond donors (Lipinski definition) is 4. The first-order chi connectivity index (χ1) is 44.2. The predicted molar refractivity (Wildman–Crippen MR) is 423 cm³/mol. The van der Waals surface area contributed by atoms with E-state index in [1.807, 2.05) is 116 Å². The topological polar surface area (TPSA) is 321 Å². The molecule has 0 aliphatic carbocycles. The summed E-state index contributed by atoms with van der Waals surface area (Å²) in [5.41, 5.74) is 22.6. The molecule has 0 atom stereocenters. The van der Waals surface area contributed by atoms with E-state index in [4.69, 9.17) is 32.3 Å². The standard InChI is InChI=1S/C18H25IN6O3.C16H23IN6O2.C10H12IN5O.C9H10IN5.3BI2/c1-12(26)25(17(27)28-18(2,3)4)8-7-24-9-13(19)14-15(22-11-23(5)6)20-10-21-16(14)24;1-16(2,3)25-15(24)18-6-7-23-8-11(17)12-13(21-10-22(4)5)19-9-20-14(12)23;1-6(17)13-2-3-16-4-7(11)8-9(12)14-5-15-10(8)16;1-15(2)5-14-9-7-6(10)3-11-8(7)12-4-13-9;3*1-3-2/h9-11H,7-8H2,1-6H3;8-10H,6-7H2,1-5H3,(H,18,24);4-5H,2-3H2,1H3,(H,13,17)(H2,12,14,15);3-5H,1-2H3,(H,11,12,13);;;/q;;;;3*-1. The zero-order valence-corrected chi connectivity index (χ0v) is 75.3. The molecule has 6 radical (unpaired) electrons. The van der Waals surface area contributed by atoms with Gasteiger partial charge in [-0.2, -0.15) is 0 Å². The summed E-state index contributed by atoms with van der Waals surface area (Å²) in [5, 5.41) is 9.07. The number of amides is 4. The van der Waals surface area contributed by atoms with E-state index in [1.165, 1.54) is 39.2 Å². The SMILES string of the molecule is CC(=O)N(CCn1cc(I)c2c(N=CN(C)C)ncnc21)C(=O)OC(C)(C)C.CC(=O)NCCn1cc(I)c2c(N)ncnc21.CN(C)C=Nc1ncnc2[nH]cc(I)c12.CN(C)C=Nc1ncnc2c1c(I)cn2CCNC(=O)OC(C)(C)C.[B][I-]I.[B][I-]I.[B][I-]I. The van der Waals surface area contributed by atoms with Gasteiger partial charge in [-0.25, -0.2) is 69.3 Å². The molecule has 8 heterocycles. The molecule has 0 unspecified atom stereocenters. The Hall–Kier alpha value is -2.14. The molecule has 5 N–H and O–H groups in total. The van der Waals surface area contributed by atoms with E-state index < -0.39 is 23.4 Å². The number of ether oxygens (including phenoxy) is 2. The number of nitrogen functional groups attached to an aromatic ring is 1. The van der Waals surface area contributed by atoms with Gasteiger partial charge in [-0.05, 0) is 132 Å². The number of fused-ring (bicyclic) bond motifs is 4. The van der Waals surface area contributed by atoms with Crippen molar-refractivity contribution < 1.29 is 79.7 Å². The number of nitrogens with zero attached hydrogens (tertiary/aromatic N) is 18. The molecule has 8 aromatic rings. The van der Waals surface area contributed by atoms with Crippen LogP contribution in [-0.2, 0) is 38.7 Å². The molecule has 0 saturated carbocycles. The molecule has 0 fully saturated rings. The molecular formula is C53H70B3I10N22O6-3. The summed E-state index contributed by atoms with van der Waals surface area (Å²) in [6.07, 6.45) is 17.7. The number of nitrogens with two attached hydrogens (primary N) is 1. The molecule has 4 amide bonds. The summed E-state index contributed by atoms with van der Waals surface area (Å²) < 4.78 is 20.4. The summed E-state index contributed by atoms with van der Waals surface area (Å²) in [4.78, 5) is 103. The monoisotopic (exact) mass is 2410 g/mol. The minimum absolute atomic E-state index is 0.0368. The van der Waals surface area contributed by atoms with Crippen LogP contribution in [0.2, 0.25) is 0 Å². The van der Waals surface area contributed by atoms with Gasteiger partial charge in [0.1, 0.15) is 64.9 Å². The normalized spacial score (nSPS) is 11.1. The van der Waals surface area contributed by atoms with E-state index in [0.717, 1.165) is 57.7 Å². The van der Waals surface area contributed by atoms with Crippen LogP contribution in [0.1, 0.15) is 55.4 Å². The van der Waals surface area contributed by atoms with Crippen LogP contribution >= 0.6 is 146 Å². The number of halogens is 10. The number of anilines is 1. The van der Waals surface area contributed by atoms with E-state index in [0.29, 0.717) is 61.6 Å². The third-order valence-corrected chi connectivity index (χ3v) is 14.1. The molecule has 28 nitrogen and oxygen atoms in total. The van der Waals surface area contributed by atoms with E-state index in [9.17, 15) is 19.2 Å². The van der Waals surface area contributed by atoms with Crippen molar-refractivity contribution in [3.8, 4) is 0 Å². The van der Waals surface area contributed by atoms with Crippen molar-refractivity contribution in [2.45, 2.75) is 86.2 Å². The number of aromatic nitrogens is 12. The zero-order valence-electron chi connectivity index (χ0n) is 53.7. The Labute approximate surface area is 665 Å². The summed E-state index contributed by atoms with van der Waals surface area (Å²) in [6.45, 7) is 16.4. The molecule has 510 valence electrons. The van der Waals surface area contributed by atoms with Crippen molar-refractivity contribution in [1.82, 2.24) is 88.8 Å². The summed E-state index contributed by atoms with van der Waals surface area (Å²) in [5.74, 6) is 1.97. The van der Waals surface area contributed by atoms with Gasteiger partial charge >= 0.3 is 136 Å². The van der Waals surface area contributed by atoms with Gasteiger partial charge in [0.05, 0.1) is 47.1 Å². The van der Waals surface area contributed by atoms with E-state index in [1.54, 1.807) is 39.8 Å². The first kappa shape index (κ1) is 88.0. The Morgan fingerprint density at radius 2 is 0.947 bits per heavy atom. The summed E-state index contributed by atoms with van der Waals surface area (Å²) in [7, 11) is 11.4. The third-order valence-electron chi connectivity index (χ3n) is 10.8. The second kappa shape index (κ2) is 45.6. The van der Waals surface area contributed by atoms with Gasteiger partial charge in [-0.15, -0.1) is 0 Å². The van der Waals surface area contributed by atoms with Crippen LogP contribution in [0.25, 0.3) is 44.1 Å². The number of carbonyl (C=O) groups excluding carboxylic acids is 4. The number of rotatable bonds is 15. The van der Waals surface area contributed by atoms with Crippen molar-refractivity contribution in [2.24, 2.45) is 15.0 Å². The molecule has 41 heteroatoms. The van der Waals surface area contributed by atoms with Gasteiger partial charge in [0.25, 0.3) is 0 Å². The van der Waals surface area contributed by atoms with Gasteiger partial charge in [0.15, 0.2) is 17.5 Å². The van der Waals surface area contributed by atoms with Gasteiger partial charge in [-0.3, -0.25) is 9.59 Å². The Morgan fingerprint density at radius 1 is 0.574 bits per heavy atom. The van der Waals surface area contributed by atoms with Crippen LogP contribution in [0.5, 0.6) is 0 Å². The predicted octanol–water partition coefficient (Wildman–Crippen LogP) is 0.888. The third kappa shape index (κ3) is 32.0. The number of alkyl carbamates (subject to hydrolysis) is 1.